The summed E-state index contributed by atoms with van der Waals surface area (Å²) >= 11 is 12.4. The van der Waals surface area contributed by atoms with E-state index in [9.17, 15) is 23.1 Å². The van der Waals surface area contributed by atoms with Crippen molar-refractivity contribution in [3.63, 3.8) is 0 Å². The van der Waals surface area contributed by atoms with Crippen molar-refractivity contribution in [2.45, 2.75) is 49.0 Å². The number of carbonyl (C=O) groups excluding carboxylic acids is 1. The van der Waals surface area contributed by atoms with E-state index < -0.39 is 52.4 Å². The molecule has 0 bridgehead atoms. The molecule has 1 fully saturated rings. The highest BCUT2D eigenvalue weighted by Gasteiger charge is 2.46. The molecule has 0 saturated carbocycles. The number of hydrogen-bond acceptors (Lipinski definition) is 5. The van der Waals surface area contributed by atoms with Crippen LogP contribution in [-0.2, 0) is 24.2 Å². The maximum absolute atomic E-state index is 13.7. The average Bonchev–Trinajstić information content (AvgIpc) is 2.89. The van der Waals surface area contributed by atoms with Gasteiger partial charge in [-0.25, -0.2) is 8.42 Å². The van der Waals surface area contributed by atoms with Gasteiger partial charge in [-0.1, -0.05) is 65.7 Å². The van der Waals surface area contributed by atoms with Crippen LogP contribution in [0.5, 0.6) is 0 Å². The molecule has 7 nitrogen and oxygen atoms in total. The van der Waals surface area contributed by atoms with Crippen LogP contribution < -0.4 is 0 Å². The number of sulfone groups is 1. The Bertz CT molecular complexity index is 1400. The number of amides is 1. The predicted octanol–water partition coefficient (Wildman–Crippen LogP) is 5.73. The smallest absolute Gasteiger partial charge is 0.306 e. The van der Waals surface area contributed by atoms with Crippen LogP contribution in [0.15, 0.2) is 83.8 Å². The molecule has 38 heavy (non-hydrogen) atoms. The van der Waals surface area contributed by atoms with Gasteiger partial charge in [-0.2, -0.15) is 0 Å². The zero-order valence-corrected chi connectivity index (χ0v) is 22.9. The summed E-state index contributed by atoms with van der Waals surface area (Å²) in [4.78, 5) is 27.1. The quantitative estimate of drug-likeness (QED) is 0.349. The number of morpholine rings is 1. The number of hydrogen-bond donors (Lipinski definition) is 1. The van der Waals surface area contributed by atoms with Crippen molar-refractivity contribution in [1.82, 2.24) is 4.90 Å². The van der Waals surface area contributed by atoms with Crippen LogP contribution in [0.3, 0.4) is 0 Å². The van der Waals surface area contributed by atoms with E-state index in [0.717, 1.165) is 0 Å². The zero-order chi connectivity index (χ0) is 27.4. The molecule has 1 amide bonds. The minimum atomic E-state index is -3.60. The molecule has 200 valence electrons. The van der Waals surface area contributed by atoms with Crippen LogP contribution in [0.2, 0.25) is 10.0 Å². The topological polar surface area (TPSA) is 101 Å². The SMILES string of the molecule is CC(CCS(=O)(=O)c1ccccc1)N1C(=O)[C@H](CC(=O)O)O[C@H](c2cccc(Cl)c2)[C@H]1c1ccc(Cl)cc1. The second-order valence-electron chi connectivity index (χ2n) is 9.21. The van der Waals surface area contributed by atoms with E-state index in [0.29, 0.717) is 21.2 Å². The first-order valence-corrected chi connectivity index (χ1v) is 14.5. The van der Waals surface area contributed by atoms with E-state index in [4.69, 9.17) is 27.9 Å². The van der Waals surface area contributed by atoms with Crippen LogP contribution in [0, 0.1) is 0 Å². The summed E-state index contributed by atoms with van der Waals surface area (Å²) in [6, 6.07) is 20.8. The van der Waals surface area contributed by atoms with Crippen molar-refractivity contribution in [2.24, 2.45) is 0 Å². The molecule has 1 aliphatic heterocycles. The summed E-state index contributed by atoms with van der Waals surface area (Å²) < 4.78 is 32.1. The molecule has 10 heteroatoms. The lowest BCUT2D eigenvalue weighted by Gasteiger charge is -2.47. The number of carboxylic acid groups (broad SMARTS) is 1. The molecule has 0 aromatic heterocycles. The predicted molar refractivity (Wildman–Crippen MR) is 145 cm³/mol. The summed E-state index contributed by atoms with van der Waals surface area (Å²) in [7, 11) is -3.60. The molecular formula is C28H27Cl2NO6S. The van der Waals surface area contributed by atoms with Gasteiger partial charge in [-0.3, -0.25) is 9.59 Å². The highest BCUT2D eigenvalue weighted by molar-refractivity contribution is 7.91. The van der Waals surface area contributed by atoms with Crippen molar-refractivity contribution in [3.8, 4) is 0 Å². The number of rotatable bonds is 9. The third-order valence-corrected chi connectivity index (χ3v) is 8.81. The fourth-order valence-corrected chi connectivity index (χ4v) is 6.48. The molecule has 3 aromatic rings. The Hall–Kier alpha value is -2.91. The Kier molecular flexibility index (Phi) is 8.78. The lowest BCUT2D eigenvalue weighted by atomic mass is 9.89. The van der Waals surface area contributed by atoms with Crippen molar-refractivity contribution in [3.05, 3.63) is 100 Å². The molecule has 0 aliphatic carbocycles. The number of benzene rings is 3. The first kappa shape index (κ1) is 28.1. The summed E-state index contributed by atoms with van der Waals surface area (Å²) in [6.45, 7) is 1.76. The van der Waals surface area contributed by atoms with E-state index in [1.54, 1.807) is 78.6 Å². The number of aliphatic carboxylic acids is 1. The van der Waals surface area contributed by atoms with Crippen LogP contribution in [0.4, 0.5) is 0 Å². The number of nitrogens with zero attached hydrogens (tertiary/aromatic N) is 1. The van der Waals surface area contributed by atoms with Gasteiger partial charge in [0.15, 0.2) is 9.84 Å². The molecule has 4 atom stereocenters. The maximum Gasteiger partial charge on any atom is 0.306 e. The average molecular weight is 576 g/mol. The van der Waals surface area contributed by atoms with Gasteiger partial charge in [0.25, 0.3) is 5.91 Å². The van der Waals surface area contributed by atoms with E-state index in [1.807, 2.05) is 0 Å². The Morgan fingerprint density at radius 2 is 1.66 bits per heavy atom. The number of carbonyl (C=O) groups is 2. The van der Waals surface area contributed by atoms with E-state index >= 15 is 0 Å². The summed E-state index contributed by atoms with van der Waals surface area (Å²) in [5.41, 5.74) is 1.37. The minimum Gasteiger partial charge on any atom is -0.481 e. The van der Waals surface area contributed by atoms with Crippen molar-refractivity contribution >= 4 is 44.9 Å². The molecule has 1 heterocycles. The molecular weight excluding hydrogens is 549 g/mol. The van der Waals surface area contributed by atoms with Crippen molar-refractivity contribution in [1.29, 1.82) is 0 Å². The Balaban J connectivity index is 1.75. The van der Waals surface area contributed by atoms with Crippen LogP contribution in [0.1, 0.15) is 43.0 Å². The molecule has 4 rings (SSSR count). The highest BCUT2D eigenvalue weighted by atomic mass is 35.5. The van der Waals surface area contributed by atoms with Gasteiger partial charge in [0.1, 0.15) is 12.2 Å². The van der Waals surface area contributed by atoms with E-state index in [2.05, 4.69) is 0 Å². The number of carboxylic acids is 1. The van der Waals surface area contributed by atoms with Gasteiger partial charge in [0, 0.05) is 16.1 Å². The number of ether oxygens (including phenoxy) is 1. The fourth-order valence-electron chi connectivity index (χ4n) is 4.69. The molecule has 1 aliphatic rings. The molecule has 0 radical (unpaired) electrons. The third kappa shape index (κ3) is 6.38. The van der Waals surface area contributed by atoms with Gasteiger partial charge in [-0.15, -0.1) is 0 Å². The lowest BCUT2D eigenvalue weighted by Crippen LogP contribution is -2.54. The molecule has 1 unspecified atom stereocenters. The van der Waals surface area contributed by atoms with Gasteiger partial charge in [0.2, 0.25) is 0 Å². The largest absolute Gasteiger partial charge is 0.481 e. The van der Waals surface area contributed by atoms with E-state index in [-0.39, 0.29) is 17.1 Å². The summed E-state index contributed by atoms with van der Waals surface area (Å²) in [5, 5.41) is 10.5. The van der Waals surface area contributed by atoms with Gasteiger partial charge in [0.05, 0.1) is 23.1 Å². The minimum absolute atomic E-state index is 0.134. The highest BCUT2D eigenvalue weighted by Crippen LogP contribution is 2.44. The van der Waals surface area contributed by atoms with Crippen molar-refractivity contribution < 1.29 is 27.9 Å². The molecule has 1 saturated heterocycles. The van der Waals surface area contributed by atoms with Crippen LogP contribution in [-0.4, -0.2) is 48.2 Å². The third-order valence-electron chi connectivity index (χ3n) is 6.56. The van der Waals surface area contributed by atoms with E-state index in [1.165, 1.54) is 12.1 Å². The summed E-state index contributed by atoms with van der Waals surface area (Å²) in [5.74, 6) is -1.89. The second kappa shape index (κ2) is 11.9. The lowest BCUT2D eigenvalue weighted by molar-refractivity contribution is -0.182. The standard InChI is InChI=1S/C28H27Cl2NO6S/c1-18(14-15-38(35,36)23-8-3-2-4-9-23)31-26(19-10-12-21(29)13-11-19)27(20-6-5-7-22(30)16-20)37-24(28(31)34)17-25(32)33/h2-13,16,18,24,26-27H,14-15,17H2,1H3,(H,32,33)/t18?,24-,26+,27+/m0/s1. The Morgan fingerprint density at radius 3 is 2.29 bits per heavy atom. The maximum atomic E-state index is 13.7. The second-order valence-corrected chi connectivity index (χ2v) is 12.2. The first-order valence-electron chi connectivity index (χ1n) is 12.0. The van der Waals surface area contributed by atoms with Crippen molar-refractivity contribution in [2.75, 3.05) is 5.75 Å². The monoisotopic (exact) mass is 575 g/mol. The van der Waals surface area contributed by atoms with Crippen LogP contribution >= 0.6 is 23.2 Å². The van der Waals surface area contributed by atoms with Gasteiger partial charge >= 0.3 is 5.97 Å². The molecule has 3 aromatic carbocycles. The van der Waals surface area contributed by atoms with Gasteiger partial charge < -0.3 is 14.7 Å². The Labute approximate surface area is 231 Å². The molecule has 1 N–H and O–H groups in total. The molecule has 0 spiro atoms. The van der Waals surface area contributed by atoms with Gasteiger partial charge in [-0.05, 0) is 60.9 Å². The Morgan fingerprint density at radius 1 is 0.974 bits per heavy atom. The van der Waals surface area contributed by atoms with Crippen LogP contribution in [0.25, 0.3) is 0 Å². The fraction of sp³-hybridized carbons (Fsp3) is 0.286. The summed E-state index contributed by atoms with van der Waals surface area (Å²) in [6.07, 6.45) is -2.41. The number of halogens is 2. The first-order chi connectivity index (χ1) is 18.1. The zero-order valence-electron chi connectivity index (χ0n) is 20.5. The normalized spacial score (nSPS) is 20.8.